The number of nitrogens with zero attached hydrogens (tertiary/aromatic N) is 4. The quantitative estimate of drug-likeness (QED) is 0.196. The largest absolute Gasteiger partial charge is 0.308 e. The number of benzene rings is 6. The molecule has 0 fully saturated rings. The Morgan fingerprint density at radius 1 is 0.511 bits per heavy atom. The Kier molecular flexibility index (Phi) is 6.19. The summed E-state index contributed by atoms with van der Waals surface area (Å²) < 4.78 is 2.40. The number of aromatic nitrogens is 4. The number of hydrogen-bond acceptors (Lipinski definition) is 3. The predicted octanol–water partition coefficient (Wildman–Crippen LogP) is 10.2. The Hall–Kier alpha value is -5.87. The van der Waals surface area contributed by atoms with Crippen molar-refractivity contribution in [2.75, 3.05) is 0 Å². The first-order valence-corrected chi connectivity index (χ1v) is 16.2. The summed E-state index contributed by atoms with van der Waals surface area (Å²) in [7, 11) is 0. The van der Waals surface area contributed by atoms with Crippen LogP contribution in [0.3, 0.4) is 0 Å². The minimum atomic E-state index is -0.105. The molecule has 0 unspecified atom stereocenters. The van der Waals surface area contributed by atoms with Crippen molar-refractivity contribution in [2.45, 2.75) is 25.7 Å². The van der Waals surface area contributed by atoms with Crippen LogP contribution in [0.2, 0.25) is 0 Å². The van der Waals surface area contributed by atoms with Crippen LogP contribution in [0.5, 0.6) is 0 Å². The topological polar surface area (TPSA) is 43.6 Å². The van der Waals surface area contributed by atoms with Gasteiger partial charge in [0, 0.05) is 33.7 Å². The van der Waals surface area contributed by atoms with E-state index in [9.17, 15) is 0 Å². The zero-order valence-electron chi connectivity index (χ0n) is 26.4. The van der Waals surface area contributed by atoms with Gasteiger partial charge in [-0.1, -0.05) is 129 Å². The normalized spacial score (nSPS) is 13.1. The SMILES string of the molecule is CC1(C)c2ccccc2-c2cc3c4ccccc4n(-c4ccccc4-c4nc(Cc5ccccc5)nc(-c5ccccc5)n4)c3cc21. The van der Waals surface area contributed by atoms with Crippen molar-refractivity contribution in [3.05, 3.63) is 168 Å². The van der Waals surface area contributed by atoms with Crippen LogP contribution in [-0.4, -0.2) is 19.5 Å². The van der Waals surface area contributed by atoms with Crippen molar-refractivity contribution >= 4 is 21.8 Å². The maximum Gasteiger partial charge on any atom is 0.165 e. The van der Waals surface area contributed by atoms with Gasteiger partial charge in [-0.15, -0.1) is 0 Å². The maximum atomic E-state index is 5.13. The Labute approximate surface area is 274 Å². The molecule has 6 aromatic carbocycles. The molecule has 0 saturated heterocycles. The van der Waals surface area contributed by atoms with Crippen LogP contribution in [0.1, 0.15) is 36.4 Å². The molecule has 2 aromatic heterocycles. The molecule has 0 atom stereocenters. The average Bonchev–Trinajstić information content (AvgIpc) is 3.56. The summed E-state index contributed by atoms with van der Waals surface area (Å²) >= 11 is 0. The van der Waals surface area contributed by atoms with Gasteiger partial charge in [0.05, 0.1) is 16.7 Å². The molecule has 1 aliphatic rings. The lowest BCUT2D eigenvalue weighted by Crippen LogP contribution is -2.15. The van der Waals surface area contributed by atoms with Gasteiger partial charge in [-0.05, 0) is 58.1 Å². The highest BCUT2D eigenvalue weighted by atomic mass is 15.0. The Morgan fingerprint density at radius 2 is 1.17 bits per heavy atom. The van der Waals surface area contributed by atoms with Gasteiger partial charge in [-0.25, -0.2) is 15.0 Å². The third-order valence-corrected chi connectivity index (χ3v) is 9.68. The van der Waals surface area contributed by atoms with Crippen LogP contribution in [0.25, 0.3) is 61.4 Å². The first-order chi connectivity index (χ1) is 23.1. The molecule has 8 aromatic rings. The van der Waals surface area contributed by atoms with Gasteiger partial charge in [-0.2, -0.15) is 0 Å². The third kappa shape index (κ3) is 4.40. The van der Waals surface area contributed by atoms with E-state index < -0.39 is 0 Å². The molecule has 0 saturated carbocycles. The van der Waals surface area contributed by atoms with Crippen molar-refractivity contribution in [1.82, 2.24) is 19.5 Å². The van der Waals surface area contributed by atoms with E-state index in [2.05, 4.69) is 140 Å². The van der Waals surface area contributed by atoms with Crippen LogP contribution in [0.4, 0.5) is 0 Å². The van der Waals surface area contributed by atoms with Gasteiger partial charge >= 0.3 is 0 Å². The van der Waals surface area contributed by atoms with Crippen LogP contribution >= 0.6 is 0 Å². The van der Waals surface area contributed by atoms with Gasteiger partial charge in [0.25, 0.3) is 0 Å². The lowest BCUT2D eigenvalue weighted by molar-refractivity contribution is 0.661. The molecule has 0 amide bonds. The lowest BCUT2D eigenvalue weighted by Gasteiger charge is -2.22. The van der Waals surface area contributed by atoms with E-state index in [1.54, 1.807) is 0 Å². The fourth-order valence-electron chi connectivity index (χ4n) is 7.39. The molecule has 0 N–H and O–H groups in total. The number of hydrogen-bond donors (Lipinski definition) is 0. The van der Waals surface area contributed by atoms with E-state index in [0.29, 0.717) is 18.1 Å². The molecule has 47 heavy (non-hydrogen) atoms. The molecule has 2 heterocycles. The second-order valence-corrected chi connectivity index (χ2v) is 12.9. The summed E-state index contributed by atoms with van der Waals surface area (Å²) in [5, 5.41) is 2.47. The summed E-state index contributed by atoms with van der Waals surface area (Å²) in [6.45, 7) is 4.68. The Bertz CT molecular complexity index is 2460. The summed E-state index contributed by atoms with van der Waals surface area (Å²) in [5.74, 6) is 2.09. The van der Waals surface area contributed by atoms with Crippen molar-refractivity contribution in [3.63, 3.8) is 0 Å². The molecule has 0 radical (unpaired) electrons. The van der Waals surface area contributed by atoms with E-state index >= 15 is 0 Å². The second-order valence-electron chi connectivity index (χ2n) is 12.9. The minimum Gasteiger partial charge on any atom is -0.308 e. The van der Waals surface area contributed by atoms with E-state index in [4.69, 9.17) is 15.0 Å². The fourth-order valence-corrected chi connectivity index (χ4v) is 7.39. The highest BCUT2D eigenvalue weighted by molar-refractivity contribution is 6.12. The molecule has 224 valence electrons. The smallest absolute Gasteiger partial charge is 0.165 e. The van der Waals surface area contributed by atoms with Gasteiger partial charge in [0.1, 0.15) is 5.82 Å². The van der Waals surface area contributed by atoms with Crippen LogP contribution in [0, 0.1) is 0 Å². The standard InChI is InChI=1S/C43H32N4/c1-43(2)35-22-12-9-19-30(35)33-26-34-31-20-10-13-23-37(31)47(39(34)27-36(33)43)38-24-14-11-21-32(38)42-45-40(25-28-15-5-3-6-16-28)44-41(46-42)29-17-7-4-8-18-29/h3-24,26-27H,25H2,1-2H3. The zero-order chi connectivity index (χ0) is 31.5. The lowest BCUT2D eigenvalue weighted by atomic mass is 9.82. The van der Waals surface area contributed by atoms with Crippen molar-refractivity contribution < 1.29 is 0 Å². The summed E-state index contributed by atoms with van der Waals surface area (Å²) in [6.07, 6.45) is 0.621. The number of fused-ring (bicyclic) bond motifs is 6. The zero-order valence-corrected chi connectivity index (χ0v) is 26.4. The molecule has 1 aliphatic carbocycles. The van der Waals surface area contributed by atoms with Gasteiger partial charge < -0.3 is 4.57 Å². The van der Waals surface area contributed by atoms with Crippen LogP contribution in [-0.2, 0) is 11.8 Å². The Morgan fingerprint density at radius 3 is 2.00 bits per heavy atom. The van der Waals surface area contributed by atoms with Gasteiger partial charge in [0.15, 0.2) is 11.6 Å². The van der Waals surface area contributed by atoms with Crippen molar-refractivity contribution in [3.8, 4) is 39.6 Å². The second kappa shape index (κ2) is 10.6. The summed E-state index contributed by atoms with van der Waals surface area (Å²) in [5.41, 5.74) is 11.8. The first-order valence-electron chi connectivity index (χ1n) is 16.2. The summed E-state index contributed by atoms with van der Waals surface area (Å²) in [6, 6.07) is 51.5. The van der Waals surface area contributed by atoms with Gasteiger partial charge in [-0.3, -0.25) is 0 Å². The molecular weight excluding hydrogens is 573 g/mol. The van der Waals surface area contributed by atoms with Crippen molar-refractivity contribution in [1.29, 1.82) is 0 Å². The molecule has 4 heteroatoms. The average molecular weight is 605 g/mol. The third-order valence-electron chi connectivity index (χ3n) is 9.68. The number of para-hydroxylation sites is 2. The van der Waals surface area contributed by atoms with Crippen molar-refractivity contribution in [2.24, 2.45) is 0 Å². The van der Waals surface area contributed by atoms with Gasteiger partial charge in [0.2, 0.25) is 0 Å². The van der Waals surface area contributed by atoms with E-state index in [-0.39, 0.29) is 5.41 Å². The highest BCUT2D eigenvalue weighted by Gasteiger charge is 2.36. The first kappa shape index (κ1) is 27.4. The Balaban J connectivity index is 1.29. The number of rotatable bonds is 5. The van der Waals surface area contributed by atoms with E-state index in [1.807, 2.05) is 24.3 Å². The molecule has 0 spiro atoms. The molecular formula is C43H32N4. The molecule has 9 rings (SSSR count). The molecule has 4 nitrogen and oxygen atoms in total. The van der Waals surface area contributed by atoms with Crippen LogP contribution in [0.15, 0.2) is 146 Å². The predicted molar refractivity (Wildman–Crippen MR) is 192 cm³/mol. The molecule has 0 bridgehead atoms. The minimum absolute atomic E-state index is 0.105. The summed E-state index contributed by atoms with van der Waals surface area (Å²) in [4.78, 5) is 15.2. The fraction of sp³-hybridized carbons (Fsp3) is 0.0930. The molecule has 0 aliphatic heterocycles. The van der Waals surface area contributed by atoms with Crippen LogP contribution < -0.4 is 0 Å². The van der Waals surface area contributed by atoms with E-state index in [0.717, 1.165) is 33.7 Å². The monoisotopic (exact) mass is 604 g/mol. The highest BCUT2D eigenvalue weighted by Crippen LogP contribution is 2.51. The van der Waals surface area contributed by atoms with E-state index in [1.165, 1.54) is 38.5 Å². The maximum absolute atomic E-state index is 5.13.